The Morgan fingerprint density at radius 3 is 2.55 bits per heavy atom. The maximum atomic E-state index is 12.9. The number of fused-ring (bicyclic) bond motifs is 2. The Morgan fingerprint density at radius 2 is 1.80 bits per heavy atom. The molecule has 3 aromatic rings. The minimum Gasteiger partial charge on any atom is -1.00 e. The molecule has 240 valence electrons. The van der Waals surface area contributed by atoms with Gasteiger partial charge in [0.25, 0.3) is 0 Å². The summed E-state index contributed by atoms with van der Waals surface area (Å²) in [6, 6.07) is 17.1. The van der Waals surface area contributed by atoms with Crippen molar-refractivity contribution in [2.24, 2.45) is 0 Å². The number of pyridine rings is 1. The lowest BCUT2D eigenvalue weighted by Gasteiger charge is -2.32. The van der Waals surface area contributed by atoms with Gasteiger partial charge in [-0.05, 0) is 69.6 Å². The Bertz CT molecular complexity index is 1440. The number of halogens is 1. The van der Waals surface area contributed by atoms with Crippen molar-refractivity contribution >= 4 is 42.2 Å². The molecule has 8 nitrogen and oxygen atoms in total. The summed E-state index contributed by atoms with van der Waals surface area (Å²) < 4.78 is 26.1. The van der Waals surface area contributed by atoms with Crippen LogP contribution in [-0.2, 0) is 31.4 Å². The van der Waals surface area contributed by atoms with E-state index in [0.29, 0.717) is 38.8 Å². The molecular weight excluding hydrogens is 639 g/mol. The van der Waals surface area contributed by atoms with Gasteiger partial charge in [0.05, 0.1) is 24.8 Å². The van der Waals surface area contributed by atoms with E-state index in [9.17, 15) is 9.36 Å². The highest BCUT2D eigenvalue weighted by Gasteiger charge is 2.24. The van der Waals surface area contributed by atoms with E-state index in [0.717, 1.165) is 50.1 Å². The number of aromatic nitrogens is 1. The number of benzene rings is 2. The molecule has 0 fully saturated rings. The average molecular weight is 688 g/mol. The van der Waals surface area contributed by atoms with Crippen molar-refractivity contribution in [3.05, 3.63) is 71.4 Å². The first-order valence-electron chi connectivity index (χ1n) is 15.6. The Labute approximate surface area is 273 Å². The number of para-hydroxylation sites is 1. The number of carbonyl (C=O) groups excluding carboxylic acids is 1. The summed E-state index contributed by atoms with van der Waals surface area (Å²) in [7, 11) is 0.967. The predicted molar refractivity (Wildman–Crippen MR) is 177 cm³/mol. The molecule has 1 aliphatic heterocycles. The van der Waals surface area contributed by atoms with Crippen LogP contribution in [0.3, 0.4) is 0 Å². The van der Waals surface area contributed by atoms with Gasteiger partial charge in [0.1, 0.15) is 6.54 Å². The zero-order valence-corrected chi connectivity index (χ0v) is 29.1. The number of nitrogens with zero attached hydrogens (tertiary/aromatic N) is 3. The number of nitrogens with one attached hydrogen (secondary N) is 1. The van der Waals surface area contributed by atoms with Crippen LogP contribution in [0.1, 0.15) is 49.8 Å². The van der Waals surface area contributed by atoms with Gasteiger partial charge >= 0.3 is 7.60 Å². The van der Waals surface area contributed by atoms with E-state index < -0.39 is 7.60 Å². The molecule has 2 heterocycles. The number of hydrogen-bond donors (Lipinski definition) is 1. The molecule has 1 aromatic heterocycles. The minimum absolute atomic E-state index is 0. The fourth-order valence-electron chi connectivity index (χ4n) is 5.68. The van der Waals surface area contributed by atoms with E-state index in [1.807, 2.05) is 27.9 Å². The fourth-order valence-corrected chi connectivity index (χ4v) is 7.33. The van der Waals surface area contributed by atoms with Crippen LogP contribution in [0.25, 0.3) is 23.1 Å². The standard InChI is InChI=1S/C34H47N4O4P.BrH/c1-5-41-43(40,42-6-2)27-11-23-38-24-19-29(30-13-7-8-15-32(30)38)18-17-28-12-9-16-33-31(28)14-10-22-37(33)25-20-34(39)35-21-26-36(3)4;/h7-9,12-13,15-19,24H,5-6,10-11,14,20-23,25-27H2,1-4H3;1H/b18-17+;. The first-order chi connectivity index (χ1) is 20.8. The van der Waals surface area contributed by atoms with Gasteiger partial charge in [-0.3, -0.25) is 9.36 Å². The third-order valence-corrected chi connectivity index (χ3v) is 9.92. The molecule has 1 N–H and O–H groups in total. The van der Waals surface area contributed by atoms with Crippen LogP contribution in [0.4, 0.5) is 5.69 Å². The summed E-state index contributed by atoms with van der Waals surface area (Å²) in [4.78, 5) is 16.8. The van der Waals surface area contributed by atoms with Crippen LogP contribution in [-0.4, -0.2) is 70.5 Å². The van der Waals surface area contributed by atoms with E-state index in [2.05, 4.69) is 86.6 Å². The highest BCUT2D eigenvalue weighted by atomic mass is 79.9. The molecule has 0 atom stereocenters. The number of aryl methyl sites for hydroxylation is 1. The summed E-state index contributed by atoms with van der Waals surface area (Å²) in [5.41, 5.74) is 6.10. The van der Waals surface area contributed by atoms with Gasteiger partial charge in [-0.15, -0.1) is 0 Å². The molecule has 0 radical (unpaired) electrons. The van der Waals surface area contributed by atoms with Crippen LogP contribution in [0, 0.1) is 0 Å². The first-order valence-corrected chi connectivity index (χ1v) is 17.3. The Kier molecular flexibility index (Phi) is 14.5. The van der Waals surface area contributed by atoms with E-state index >= 15 is 0 Å². The lowest BCUT2D eigenvalue weighted by Crippen LogP contribution is -3.00. The van der Waals surface area contributed by atoms with Crippen molar-refractivity contribution in [2.75, 3.05) is 64.5 Å². The number of hydrogen-bond acceptors (Lipinski definition) is 6. The van der Waals surface area contributed by atoms with Gasteiger partial charge in [0.2, 0.25) is 11.4 Å². The monoisotopic (exact) mass is 686 g/mol. The maximum Gasteiger partial charge on any atom is 0.330 e. The zero-order valence-electron chi connectivity index (χ0n) is 26.6. The van der Waals surface area contributed by atoms with Crippen LogP contribution < -0.4 is 31.8 Å². The van der Waals surface area contributed by atoms with Gasteiger partial charge in [-0.1, -0.05) is 36.4 Å². The van der Waals surface area contributed by atoms with Crippen molar-refractivity contribution in [3.63, 3.8) is 0 Å². The third-order valence-electron chi connectivity index (χ3n) is 7.76. The van der Waals surface area contributed by atoms with Gasteiger partial charge in [0.15, 0.2) is 6.20 Å². The molecule has 10 heteroatoms. The smallest absolute Gasteiger partial charge is 0.330 e. The molecular formula is C34H48BrN4O4P. The highest BCUT2D eigenvalue weighted by molar-refractivity contribution is 7.53. The van der Waals surface area contributed by atoms with Gasteiger partial charge in [-0.2, -0.15) is 4.57 Å². The van der Waals surface area contributed by atoms with Crippen molar-refractivity contribution in [1.29, 1.82) is 0 Å². The number of anilines is 1. The van der Waals surface area contributed by atoms with Crippen LogP contribution >= 0.6 is 7.60 Å². The SMILES string of the molecule is CCOP(=O)(CCC[n+]1ccc(/C=C/c2cccc3c2CCCN3CCC(=O)NCCN(C)C)c2ccccc21)OCC.[Br-]. The second-order valence-corrected chi connectivity index (χ2v) is 13.4. The summed E-state index contributed by atoms with van der Waals surface area (Å²) in [6.07, 6.45) is 10.2. The summed E-state index contributed by atoms with van der Waals surface area (Å²) >= 11 is 0. The van der Waals surface area contributed by atoms with E-state index in [1.165, 1.54) is 22.2 Å². The molecule has 0 saturated heterocycles. The van der Waals surface area contributed by atoms with E-state index in [-0.39, 0.29) is 22.9 Å². The summed E-state index contributed by atoms with van der Waals surface area (Å²) in [5, 5.41) is 4.20. The van der Waals surface area contributed by atoms with Crippen molar-refractivity contribution in [3.8, 4) is 0 Å². The number of amides is 1. The molecule has 1 aliphatic rings. The summed E-state index contributed by atoms with van der Waals surface area (Å²) in [6.45, 7) is 8.39. The van der Waals surface area contributed by atoms with Crippen LogP contribution in [0.5, 0.6) is 0 Å². The quantitative estimate of drug-likeness (QED) is 0.185. The van der Waals surface area contributed by atoms with Crippen LogP contribution in [0.15, 0.2) is 54.7 Å². The van der Waals surface area contributed by atoms with Gasteiger partial charge in [0, 0.05) is 56.8 Å². The van der Waals surface area contributed by atoms with Gasteiger partial charge < -0.3 is 41.1 Å². The largest absolute Gasteiger partial charge is 1.00 e. The average Bonchev–Trinajstić information content (AvgIpc) is 2.99. The fraction of sp³-hybridized carbons (Fsp3) is 0.471. The Morgan fingerprint density at radius 1 is 1.05 bits per heavy atom. The molecule has 1 amide bonds. The van der Waals surface area contributed by atoms with E-state index in [4.69, 9.17) is 9.05 Å². The normalized spacial score (nSPS) is 13.3. The first kappa shape index (κ1) is 35.9. The molecule has 0 aliphatic carbocycles. The molecule has 0 spiro atoms. The number of rotatable bonds is 16. The molecule has 2 aromatic carbocycles. The summed E-state index contributed by atoms with van der Waals surface area (Å²) in [5.74, 6) is 0.107. The van der Waals surface area contributed by atoms with Crippen molar-refractivity contribution in [2.45, 2.75) is 46.1 Å². The lowest BCUT2D eigenvalue weighted by atomic mass is 9.95. The predicted octanol–water partition coefficient (Wildman–Crippen LogP) is 2.78. The zero-order chi connectivity index (χ0) is 30.7. The molecule has 0 bridgehead atoms. The van der Waals surface area contributed by atoms with Gasteiger partial charge in [-0.25, -0.2) is 0 Å². The lowest BCUT2D eigenvalue weighted by molar-refractivity contribution is -0.671. The Hall–Kier alpha value is -2.55. The third kappa shape index (κ3) is 9.98. The molecule has 0 saturated carbocycles. The minimum atomic E-state index is -3.05. The molecule has 0 unspecified atom stereocenters. The second kappa shape index (κ2) is 17.8. The van der Waals surface area contributed by atoms with Crippen molar-refractivity contribution in [1.82, 2.24) is 10.2 Å². The topological polar surface area (TPSA) is 75.0 Å². The highest BCUT2D eigenvalue weighted by Crippen LogP contribution is 2.48. The van der Waals surface area contributed by atoms with Crippen LogP contribution in [0.2, 0.25) is 0 Å². The molecule has 4 rings (SSSR count). The number of likely N-dealkylation sites (N-methyl/N-ethyl adjacent to an activating group) is 1. The maximum absolute atomic E-state index is 12.9. The van der Waals surface area contributed by atoms with E-state index in [1.54, 1.807) is 0 Å². The second-order valence-electron chi connectivity index (χ2n) is 11.2. The number of carbonyl (C=O) groups is 1. The Balaban J connectivity index is 0.00000529. The van der Waals surface area contributed by atoms with Crippen molar-refractivity contribution < 1.29 is 40.0 Å². The molecule has 44 heavy (non-hydrogen) atoms.